The highest BCUT2D eigenvalue weighted by molar-refractivity contribution is 5.90. The monoisotopic (exact) mass is 441 g/mol. The smallest absolute Gasteiger partial charge is 0.337 e. The summed E-state index contributed by atoms with van der Waals surface area (Å²) in [6.45, 7) is 3.22. The van der Waals surface area contributed by atoms with Crippen LogP contribution in [0.3, 0.4) is 0 Å². The molecule has 0 heterocycles. The summed E-state index contributed by atoms with van der Waals surface area (Å²) in [6.07, 6.45) is 4.30. The highest BCUT2D eigenvalue weighted by Crippen LogP contribution is 2.41. The van der Waals surface area contributed by atoms with E-state index in [1.807, 2.05) is 24.3 Å². The fraction of sp³-hybridized carbons (Fsp3) is 0.346. The quantitative estimate of drug-likeness (QED) is 0.536. The van der Waals surface area contributed by atoms with Crippen LogP contribution in [0.5, 0.6) is 5.75 Å². The van der Waals surface area contributed by atoms with Crippen LogP contribution in [0.4, 0.5) is 0 Å². The Labute approximate surface area is 192 Å². The third-order valence-electron chi connectivity index (χ3n) is 5.67. The summed E-state index contributed by atoms with van der Waals surface area (Å²) in [4.78, 5) is 14.2. The number of carbonyl (C=O) groups excluding carboxylic acids is 1. The van der Waals surface area contributed by atoms with Crippen molar-refractivity contribution in [2.24, 2.45) is 5.92 Å². The molecule has 31 heavy (non-hydrogen) atoms. The first-order chi connectivity index (χ1) is 14.4. The van der Waals surface area contributed by atoms with Crippen molar-refractivity contribution >= 4 is 30.0 Å². The second kappa shape index (κ2) is 11.2. The molecule has 1 unspecified atom stereocenters. The summed E-state index contributed by atoms with van der Waals surface area (Å²) in [7, 11) is 7.37. The molecule has 0 aliphatic heterocycles. The van der Waals surface area contributed by atoms with Crippen LogP contribution in [0.1, 0.15) is 41.3 Å². The van der Waals surface area contributed by atoms with E-state index in [1.54, 1.807) is 13.2 Å². The van der Waals surface area contributed by atoms with Gasteiger partial charge in [0.15, 0.2) is 0 Å². The molecule has 0 spiro atoms. The van der Waals surface area contributed by atoms with Crippen LogP contribution in [-0.4, -0.2) is 45.7 Å². The lowest BCUT2D eigenvalue weighted by Crippen LogP contribution is -2.25. The molecule has 1 aliphatic rings. The summed E-state index contributed by atoms with van der Waals surface area (Å²) in [5.74, 6) is 1.03. The molecule has 0 aromatic heterocycles. The van der Waals surface area contributed by atoms with E-state index in [0.29, 0.717) is 11.5 Å². The van der Waals surface area contributed by atoms with E-state index in [0.717, 1.165) is 30.7 Å². The van der Waals surface area contributed by atoms with Crippen molar-refractivity contribution in [3.05, 3.63) is 76.4 Å². The Morgan fingerprint density at radius 3 is 2.55 bits per heavy atom. The molecule has 0 saturated heterocycles. The number of benzene rings is 2. The van der Waals surface area contributed by atoms with E-state index < -0.39 is 0 Å². The summed E-state index contributed by atoms with van der Waals surface area (Å²) in [5, 5.41) is 0. The van der Waals surface area contributed by atoms with E-state index in [2.05, 4.69) is 50.2 Å². The van der Waals surface area contributed by atoms with Gasteiger partial charge in [-0.3, -0.25) is 0 Å². The standard InChI is InChI=1S/C26H31NO3.ClH/c1-18-20(14-19-8-6-10-22(15-19)26(28)30-5)12-13-23(17-27(2)3)25(18)21-9-7-11-24(16-21)29-4;/h6-11,14-16,23H,12-13,17H2,1-5H3;1H. The number of allylic oxidation sites excluding steroid dienone is 2. The van der Waals surface area contributed by atoms with Gasteiger partial charge in [-0.2, -0.15) is 0 Å². The molecule has 5 heteroatoms. The Balaban J connectivity index is 0.00000341. The highest BCUT2D eigenvalue weighted by Gasteiger charge is 2.26. The molecule has 0 amide bonds. The van der Waals surface area contributed by atoms with Crippen molar-refractivity contribution in [2.45, 2.75) is 19.8 Å². The predicted molar refractivity (Wildman–Crippen MR) is 130 cm³/mol. The zero-order valence-corrected chi connectivity index (χ0v) is 19.8. The van der Waals surface area contributed by atoms with Gasteiger partial charge in [0.2, 0.25) is 0 Å². The summed E-state index contributed by atoms with van der Waals surface area (Å²) < 4.78 is 10.3. The number of halogens is 1. The molecular formula is C26H32ClNO3. The zero-order chi connectivity index (χ0) is 21.7. The molecule has 1 atom stereocenters. The third kappa shape index (κ3) is 5.99. The van der Waals surface area contributed by atoms with E-state index >= 15 is 0 Å². The minimum atomic E-state index is -0.311. The van der Waals surface area contributed by atoms with Gasteiger partial charge in [-0.15, -0.1) is 12.4 Å². The van der Waals surface area contributed by atoms with Gasteiger partial charge in [-0.1, -0.05) is 30.3 Å². The molecule has 1 aliphatic carbocycles. The van der Waals surface area contributed by atoms with Crippen molar-refractivity contribution < 1.29 is 14.3 Å². The SMILES string of the molecule is COC(=O)c1cccc(C=C2CCC(CN(C)C)C(c3cccc(OC)c3)=C2C)c1.Cl. The van der Waals surface area contributed by atoms with Gasteiger partial charge in [0.1, 0.15) is 5.75 Å². The second-order valence-corrected chi connectivity index (χ2v) is 8.06. The van der Waals surface area contributed by atoms with Crippen molar-refractivity contribution in [1.82, 2.24) is 4.90 Å². The van der Waals surface area contributed by atoms with Gasteiger partial charge in [0, 0.05) is 6.54 Å². The molecule has 4 nitrogen and oxygen atoms in total. The number of ether oxygens (including phenoxy) is 2. The fourth-order valence-electron chi connectivity index (χ4n) is 4.26. The first kappa shape index (κ1) is 24.7. The highest BCUT2D eigenvalue weighted by atomic mass is 35.5. The summed E-state index contributed by atoms with van der Waals surface area (Å²) in [5.41, 5.74) is 6.80. The largest absolute Gasteiger partial charge is 0.497 e. The minimum absolute atomic E-state index is 0. The number of esters is 1. The van der Waals surface area contributed by atoms with Gasteiger partial charge in [-0.25, -0.2) is 4.79 Å². The van der Waals surface area contributed by atoms with Gasteiger partial charge in [0.05, 0.1) is 19.8 Å². The molecule has 0 N–H and O–H groups in total. The van der Waals surface area contributed by atoms with Gasteiger partial charge < -0.3 is 14.4 Å². The fourth-order valence-corrected chi connectivity index (χ4v) is 4.26. The van der Waals surface area contributed by atoms with Crippen molar-refractivity contribution in [3.63, 3.8) is 0 Å². The molecule has 0 saturated carbocycles. The Bertz CT molecular complexity index is 978. The van der Waals surface area contributed by atoms with Crippen LogP contribution < -0.4 is 4.74 Å². The molecule has 0 radical (unpaired) electrons. The summed E-state index contributed by atoms with van der Waals surface area (Å²) in [6, 6.07) is 15.9. The molecule has 2 aromatic carbocycles. The van der Waals surface area contributed by atoms with Crippen LogP contribution in [0.2, 0.25) is 0 Å². The van der Waals surface area contributed by atoms with E-state index in [9.17, 15) is 4.79 Å². The third-order valence-corrected chi connectivity index (χ3v) is 5.67. The first-order valence-corrected chi connectivity index (χ1v) is 10.3. The van der Waals surface area contributed by atoms with Gasteiger partial charge in [0.25, 0.3) is 0 Å². The topological polar surface area (TPSA) is 38.8 Å². The van der Waals surface area contributed by atoms with Crippen LogP contribution in [0, 0.1) is 5.92 Å². The average molecular weight is 442 g/mol. The molecule has 0 bridgehead atoms. The maximum atomic E-state index is 11.9. The Hall–Kier alpha value is -2.56. The Morgan fingerprint density at radius 2 is 1.87 bits per heavy atom. The van der Waals surface area contributed by atoms with Crippen LogP contribution in [-0.2, 0) is 4.74 Å². The van der Waals surface area contributed by atoms with Crippen LogP contribution in [0.15, 0.2) is 59.7 Å². The Kier molecular flexibility index (Phi) is 8.90. The average Bonchev–Trinajstić information content (AvgIpc) is 2.75. The van der Waals surface area contributed by atoms with Gasteiger partial charge in [-0.05, 0) is 91.9 Å². The number of nitrogens with zero attached hydrogens (tertiary/aromatic N) is 1. The van der Waals surface area contributed by atoms with Gasteiger partial charge >= 0.3 is 5.97 Å². The normalized spacial score (nSPS) is 17.5. The van der Waals surface area contributed by atoms with E-state index in [4.69, 9.17) is 9.47 Å². The number of rotatable bonds is 6. The maximum Gasteiger partial charge on any atom is 0.337 e. The number of hydrogen-bond donors (Lipinski definition) is 0. The molecule has 3 rings (SSSR count). The zero-order valence-electron chi connectivity index (χ0n) is 19.0. The lowest BCUT2D eigenvalue weighted by Gasteiger charge is -2.32. The lowest BCUT2D eigenvalue weighted by atomic mass is 9.76. The lowest BCUT2D eigenvalue weighted by molar-refractivity contribution is 0.0600. The van der Waals surface area contributed by atoms with Crippen molar-refractivity contribution in [2.75, 3.05) is 34.9 Å². The summed E-state index contributed by atoms with van der Waals surface area (Å²) >= 11 is 0. The Morgan fingerprint density at radius 1 is 1.13 bits per heavy atom. The number of hydrogen-bond acceptors (Lipinski definition) is 4. The number of carbonyl (C=O) groups is 1. The van der Waals surface area contributed by atoms with E-state index in [1.165, 1.54) is 29.4 Å². The number of methoxy groups -OCH3 is 2. The molecule has 2 aromatic rings. The van der Waals surface area contributed by atoms with Crippen molar-refractivity contribution in [1.29, 1.82) is 0 Å². The molecular weight excluding hydrogens is 410 g/mol. The first-order valence-electron chi connectivity index (χ1n) is 10.3. The second-order valence-electron chi connectivity index (χ2n) is 8.06. The van der Waals surface area contributed by atoms with Crippen LogP contribution in [0.25, 0.3) is 11.6 Å². The van der Waals surface area contributed by atoms with Crippen LogP contribution >= 0.6 is 12.4 Å². The minimum Gasteiger partial charge on any atom is -0.497 e. The van der Waals surface area contributed by atoms with E-state index in [-0.39, 0.29) is 18.4 Å². The predicted octanol–water partition coefficient (Wildman–Crippen LogP) is 5.73. The molecule has 166 valence electrons. The molecule has 0 fully saturated rings. The maximum absolute atomic E-state index is 11.9. The van der Waals surface area contributed by atoms with Crippen molar-refractivity contribution in [3.8, 4) is 5.75 Å².